The van der Waals surface area contributed by atoms with E-state index in [0.29, 0.717) is 11.3 Å². The lowest BCUT2D eigenvalue weighted by molar-refractivity contribution is -0.384. The van der Waals surface area contributed by atoms with E-state index in [-0.39, 0.29) is 18.1 Å². The highest BCUT2D eigenvalue weighted by Gasteiger charge is 2.13. The quantitative estimate of drug-likeness (QED) is 0.480. The molecule has 1 aromatic heterocycles. The molecule has 0 unspecified atom stereocenters. The van der Waals surface area contributed by atoms with Crippen LogP contribution in [0.1, 0.15) is 20.1 Å². The highest BCUT2D eigenvalue weighted by atomic mass is 32.1. The van der Waals surface area contributed by atoms with Crippen LogP contribution >= 0.6 is 11.3 Å². The van der Waals surface area contributed by atoms with E-state index in [2.05, 4.69) is 0 Å². The summed E-state index contributed by atoms with van der Waals surface area (Å²) in [6.07, 6.45) is 0. The van der Waals surface area contributed by atoms with Crippen molar-refractivity contribution < 1.29 is 14.5 Å². The second-order valence-corrected chi connectivity index (χ2v) is 5.75. The third-order valence-corrected chi connectivity index (χ3v) is 3.72. The average Bonchev–Trinajstić information content (AvgIpc) is 2.75. The number of nitro benzene ring substituents is 1. The SMILES string of the molecule is Cc1cc(C(=O)COc2ccc([N+](=O)[O-])cc2)c(C)s1. The third-order valence-electron chi connectivity index (χ3n) is 2.76. The normalized spacial score (nSPS) is 10.3. The van der Waals surface area contributed by atoms with Crippen LogP contribution in [0.2, 0.25) is 0 Å². The van der Waals surface area contributed by atoms with E-state index in [9.17, 15) is 14.9 Å². The van der Waals surface area contributed by atoms with Crippen molar-refractivity contribution in [2.45, 2.75) is 13.8 Å². The monoisotopic (exact) mass is 291 g/mol. The van der Waals surface area contributed by atoms with Gasteiger partial charge in [0.1, 0.15) is 5.75 Å². The highest BCUT2D eigenvalue weighted by molar-refractivity contribution is 7.12. The second kappa shape index (κ2) is 5.83. The highest BCUT2D eigenvalue weighted by Crippen LogP contribution is 2.22. The summed E-state index contributed by atoms with van der Waals surface area (Å²) in [4.78, 5) is 24.1. The Hall–Kier alpha value is -2.21. The van der Waals surface area contributed by atoms with Gasteiger partial charge in [-0.2, -0.15) is 0 Å². The van der Waals surface area contributed by atoms with Gasteiger partial charge in [0, 0.05) is 27.5 Å². The van der Waals surface area contributed by atoms with E-state index >= 15 is 0 Å². The third kappa shape index (κ3) is 3.21. The number of ether oxygens (including phenoxy) is 1. The molecule has 5 nitrogen and oxygen atoms in total. The Balaban J connectivity index is 2.00. The first kappa shape index (κ1) is 14.2. The number of carbonyl (C=O) groups excluding carboxylic acids is 1. The number of nitro groups is 1. The minimum Gasteiger partial charge on any atom is -0.485 e. The summed E-state index contributed by atoms with van der Waals surface area (Å²) in [5, 5.41) is 10.5. The number of thiophene rings is 1. The Bertz CT molecular complexity index is 646. The Morgan fingerprint density at radius 3 is 2.45 bits per heavy atom. The lowest BCUT2D eigenvalue weighted by Crippen LogP contribution is -2.11. The van der Waals surface area contributed by atoms with Crippen molar-refractivity contribution in [3.05, 3.63) is 55.8 Å². The first-order chi connectivity index (χ1) is 9.47. The molecule has 0 aliphatic rings. The van der Waals surface area contributed by atoms with Crippen molar-refractivity contribution in [2.75, 3.05) is 6.61 Å². The lowest BCUT2D eigenvalue weighted by Gasteiger charge is -2.04. The molecule has 0 N–H and O–H groups in total. The molecule has 2 aromatic rings. The van der Waals surface area contributed by atoms with Crippen LogP contribution in [0, 0.1) is 24.0 Å². The zero-order chi connectivity index (χ0) is 14.7. The molecule has 0 atom stereocenters. The zero-order valence-corrected chi connectivity index (χ0v) is 11.9. The number of ketones is 1. The van der Waals surface area contributed by atoms with Gasteiger partial charge >= 0.3 is 0 Å². The fourth-order valence-electron chi connectivity index (χ4n) is 1.80. The van der Waals surface area contributed by atoms with E-state index in [4.69, 9.17) is 4.74 Å². The van der Waals surface area contributed by atoms with Gasteiger partial charge in [0.2, 0.25) is 5.78 Å². The Kier molecular flexibility index (Phi) is 4.14. The van der Waals surface area contributed by atoms with Gasteiger partial charge in [-0.25, -0.2) is 0 Å². The predicted octanol–water partition coefficient (Wildman–Crippen LogP) is 3.53. The summed E-state index contributed by atoms with van der Waals surface area (Å²) in [5.41, 5.74) is 0.669. The molecular weight excluding hydrogens is 278 g/mol. The molecule has 0 saturated carbocycles. The molecule has 104 valence electrons. The minimum absolute atomic E-state index is 0.00650. The summed E-state index contributed by atoms with van der Waals surface area (Å²) >= 11 is 1.57. The molecule has 1 aromatic carbocycles. The first-order valence-corrected chi connectivity index (χ1v) is 6.76. The molecule has 0 saturated heterocycles. The topological polar surface area (TPSA) is 69.4 Å². The van der Waals surface area contributed by atoms with Crippen molar-refractivity contribution in [1.29, 1.82) is 0 Å². The van der Waals surface area contributed by atoms with E-state index in [1.807, 2.05) is 19.9 Å². The number of Topliss-reactive ketones (excluding diaryl/α,β-unsaturated/α-hetero) is 1. The van der Waals surface area contributed by atoms with E-state index in [1.165, 1.54) is 24.3 Å². The van der Waals surface area contributed by atoms with E-state index in [0.717, 1.165) is 9.75 Å². The molecule has 0 amide bonds. The van der Waals surface area contributed by atoms with Crippen molar-refractivity contribution in [3.8, 4) is 5.75 Å². The Morgan fingerprint density at radius 2 is 1.95 bits per heavy atom. The van der Waals surface area contributed by atoms with Gasteiger partial charge in [-0.1, -0.05) is 0 Å². The van der Waals surface area contributed by atoms with Crippen LogP contribution in [0.15, 0.2) is 30.3 Å². The number of non-ortho nitro benzene ring substituents is 1. The van der Waals surface area contributed by atoms with Crippen LogP contribution in [0.4, 0.5) is 5.69 Å². The van der Waals surface area contributed by atoms with Crippen LogP contribution in [0.5, 0.6) is 5.75 Å². The van der Waals surface area contributed by atoms with Crippen LogP contribution in [0.3, 0.4) is 0 Å². The molecule has 2 rings (SSSR count). The van der Waals surface area contributed by atoms with Gasteiger partial charge in [0.25, 0.3) is 5.69 Å². The van der Waals surface area contributed by atoms with Crippen LogP contribution in [0.25, 0.3) is 0 Å². The summed E-state index contributed by atoms with van der Waals surface area (Å²) in [5.74, 6) is 0.346. The smallest absolute Gasteiger partial charge is 0.269 e. The number of hydrogen-bond acceptors (Lipinski definition) is 5. The largest absolute Gasteiger partial charge is 0.485 e. The maximum Gasteiger partial charge on any atom is 0.269 e. The van der Waals surface area contributed by atoms with Gasteiger partial charge in [0.05, 0.1) is 4.92 Å². The van der Waals surface area contributed by atoms with Crippen molar-refractivity contribution in [1.82, 2.24) is 0 Å². The van der Waals surface area contributed by atoms with Crippen molar-refractivity contribution in [3.63, 3.8) is 0 Å². The number of rotatable bonds is 5. The molecule has 6 heteroatoms. The average molecular weight is 291 g/mol. The number of aryl methyl sites for hydroxylation is 2. The van der Waals surface area contributed by atoms with Crippen molar-refractivity contribution >= 4 is 22.8 Å². The number of hydrogen-bond donors (Lipinski definition) is 0. The summed E-state index contributed by atoms with van der Waals surface area (Å²) in [6, 6.07) is 7.51. The Morgan fingerprint density at radius 1 is 1.30 bits per heavy atom. The molecule has 0 radical (unpaired) electrons. The fraction of sp³-hybridized carbons (Fsp3) is 0.214. The standard InChI is InChI=1S/C14H13NO4S/c1-9-7-13(10(2)20-9)14(16)8-19-12-5-3-11(4-6-12)15(17)18/h3-7H,8H2,1-2H3. The maximum atomic E-state index is 12.0. The van der Waals surface area contributed by atoms with Gasteiger partial charge in [-0.3, -0.25) is 14.9 Å². The fourth-order valence-corrected chi connectivity index (χ4v) is 2.74. The van der Waals surface area contributed by atoms with Gasteiger partial charge < -0.3 is 4.74 Å². The molecular formula is C14H13NO4S. The minimum atomic E-state index is -0.480. The van der Waals surface area contributed by atoms with Gasteiger partial charge in [-0.05, 0) is 32.0 Å². The van der Waals surface area contributed by atoms with Crippen LogP contribution in [-0.2, 0) is 0 Å². The summed E-state index contributed by atoms with van der Waals surface area (Å²) in [7, 11) is 0. The number of carbonyl (C=O) groups is 1. The van der Waals surface area contributed by atoms with E-state index in [1.54, 1.807) is 11.3 Å². The zero-order valence-electron chi connectivity index (χ0n) is 11.1. The predicted molar refractivity (Wildman–Crippen MR) is 76.7 cm³/mol. The molecule has 0 aliphatic carbocycles. The lowest BCUT2D eigenvalue weighted by atomic mass is 10.2. The molecule has 0 fully saturated rings. The molecule has 1 heterocycles. The summed E-state index contributed by atoms with van der Waals surface area (Å²) in [6.45, 7) is 3.78. The van der Waals surface area contributed by atoms with Crippen LogP contribution in [-0.4, -0.2) is 17.3 Å². The molecule has 0 bridgehead atoms. The molecule has 0 spiro atoms. The Labute approximate surface area is 120 Å². The maximum absolute atomic E-state index is 12.0. The van der Waals surface area contributed by atoms with Crippen molar-refractivity contribution in [2.24, 2.45) is 0 Å². The van der Waals surface area contributed by atoms with Crippen LogP contribution < -0.4 is 4.74 Å². The first-order valence-electron chi connectivity index (χ1n) is 5.95. The van der Waals surface area contributed by atoms with Gasteiger partial charge in [0.15, 0.2) is 6.61 Å². The summed E-state index contributed by atoms with van der Waals surface area (Å²) < 4.78 is 5.35. The molecule has 20 heavy (non-hydrogen) atoms. The second-order valence-electron chi connectivity index (χ2n) is 4.29. The van der Waals surface area contributed by atoms with E-state index < -0.39 is 4.92 Å². The van der Waals surface area contributed by atoms with Gasteiger partial charge in [-0.15, -0.1) is 11.3 Å². The number of benzene rings is 1. The molecule has 0 aliphatic heterocycles. The number of nitrogens with zero attached hydrogens (tertiary/aromatic N) is 1.